The number of nitriles is 2. The van der Waals surface area contributed by atoms with Crippen molar-refractivity contribution in [2.75, 3.05) is 0 Å². The number of hydrogen-bond donors (Lipinski definition) is 0. The zero-order valence-electron chi connectivity index (χ0n) is 31.9. The Balaban J connectivity index is 1.22. The molecule has 3 heterocycles. The van der Waals surface area contributed by atoms with Gasteiger partial charge in [-0.15, -0.1) is 0 Å². The van der Waals surface area contributed by atoms with E-state index in [1.165, 1.54) is 0 Å². The van der Waals surface area contributed by atoms with Crippen LogP contribution in [0.5, 0.6) is 0 Å². The Labute approximate surface area is 344 Å². The minimum atomic E-state index is 0.431. The second-order valence-electron chi connectivity index (χ2n) is 14.7. The largest absolute Gasteiger partial charge is 0.455 e. The fourth-order valence-electron chi connectivity index (χ4n) is 8.31. The van der Waals surface area contributed by atoms with E-state index in [-0.39, 0.29) is 0 Å². The third-order valence-electron chi connectivity index (χ3n) is 11.1. The molecule has 278 valence electrons. The summed E-state index contributed by atoms with van der Waals surface area (Å²) in [5, 5.41) is 23.9. The lowest BCUT2D eigenvalue weighted by molar-refractivity contribution is 0.670. The molecule has 11 rings (SSSR count). The lowest BCUT2D eigenvalue weighted by Crippen LogP contribution is -2.04. The molecular formula is C53H30N6O. The van der Waals surface area contributed by atoms with E-state index in [9.17, 15) is 10.5 Å². The standard InChI is InChI=1S/C53H30N6O/c54-31-33-26-34(32-55)28-39(27-33)37-22-24-42-41-16-7-9-20-46(41)59(48(42)30-37)47-25-23-38(40-18-11-19-44-43-17-8-10-21-49(43)60-50(40)44)29-45(47)53-57-51(35-12-3-1-4-13-35)56-52(58-53)36-14-5-2-6-15-36/h1-30H. The van der Waals surface area contributed by atoms with Gasteiger partial charge in [-0.2, -0.15) is 10.5 Å². The molecule has 60 heavy (non-hydrogen) atoms. The van der Waals surface area contributed by atoms with Gasteiger partial charge in [-0.25, -0.2) is 15.0 Å². The van der Waals surface area contributed by atoms with Crippen molar-refractivity contribution >= 4 is 43.7 Å². The molecule has 0 atom stereocenters. The monoisotopic (exact) mass is 766 g/mol. The molecule has 0 spiro atoms. The van der Waals surface area contributed by atoms with Crippen LogP contribution in [0.1, 0.15) is 11.1 Å². The minimum absolute atomic E-state index is 0.431. The van der Waals surface area contributed by atoms with Gasteiger partial charge in [-0.3, -0.25) is 0 Å². The first-order chi connectivity index (χ1) is 29.6. The third-order valence-corrected chi connectivity index (χ3v) is 11.1. The minimum Gasteiger partial charge on any atom is -0.455 e. The first-order valence-electron chi connectivity index (χ1n) is 19.5. The van der Waals surface area contributed by atoms with Gasteiger partial charge >= 0.3 is 0 Å². The molecular weight excluding hydrogens is 737 g/mol. The highest BCUT2D eigenvalue weighted by Crippen LogP contribution is 2.42. The number of furan rings is 1. The topological polar surface area (TPSA) is 104 Å². The highest BCUT2D eigenvalue weighted by Gasteiger charge is 2.22. The molecule has 7 nitrogen and oxygen atoms in total. The van der Waals surface area contributed by atoms with Gasteiger partial charge in [0.05, 0.1) is 40.0 Å². The number of aromatic nitrogens is 4. The van der Waals surface area contributed by atoms with Gasteiger partial charge < -0.3 is 8.98 Å². The van der Waals surface area contributed by atoms with Crippen molar-refractivity contribution in [3.8, 4) is 74.2 Å². The quantitative estimate of drug-likeness (QED) is 0.167. The van der Waals surface area contributed by atoms with Crippen molar-refractivity contribution in [2.24, 2.45) is 0 Å². The van der Waals surface area contributed by atoms with Crippen LogP contribution in [0.4, 0.5) is 0 Å². The molecule has 0 fully saturated rings. The van der Waals surface area contributed by atoms with Crippen LogP contribution in [0.25, 0.3) is 106 Å². The van der Waals surface area contributed by atoms with E-state index in [1.807, 2.05) is 91.0 Å². The Kier molecular flexibility index (Phi) is 8.11. The van der Waals surface area contributed by atoms with E-state index >= 15 is 0 Å². The van der Waals surface area contributed by atoms with E-state index < -0.39 is 0 Å². The third kappa shape index (κ3) is 5.77. The molecule has 0 saturated heterocycles. The van der Waals surface area contributed by atoms with Crippen molar-refractivity contribution in [1.29, 1.82) is 10.5 Å². The van der Waals surface area contributed by atoms with Crippen LogP contribution in [-0.2, 0) is 0 Å². The number of benzene rings is 8. The Morgan fingerprint density at radius 3 is 1.72 bits per heavy atom. The predicted octanol–water partition coefficient (Wildman–Crippen LogP) is 12.9. The Bertz CT molecular complexity index is 3480. The number of para-hydroxylation sites is 3. The molecule has 0 bridgehead atoms. The van der Waals surface area contributed by atoms with Gasteiger partial charge in [-0.05, 0) is 65.2 Å². The summed E-state index contributed by atoms with van der Waals surface area (Å²) in [6.07, 6.45) is 0. The Morgan fingerprint density at radius 1 is 0.400 bits per heavy atom. The zero-order chi connectivity index (χ0) is 40.2. The van der Waals surface area contributed by atoms with Crippen LogP contribution in [-0.4, -0.2) is 19.5 Å². The summed E-state index contributed by atoms with van der Waals surface area (Å²) in [4.78, 5) is 15.5. The maximum atomic E-state index is 9.83. The summed E-state index contributed by atoms with van der Waals surface area (Å²) in [6.45, 7) is 0. The predicted molar refractivity (Wildman–Crippen MR) is 238 cm³/mol. The molecule has 8 aromatic carbocycles. The molecule has 0 aliphatic heterocycles. The van der Waals surface area contributed by atoms with Crippen LogP contribution in [0.15, 0.2) is 186 Å². The second kappa shape index (κ2) is 14.1. The van der Waals surface area contributed by atoms with Crippen LogP contribution >= 0.6 is 0 Å². The number of rotatable bonds is 6. The maximum Gasteiger partial charge on any atom is 0.166 e. The fraction of sp³-hybridized carbons (Fsp3) is 0. The molecule has 0 radical (unpaired) electrons. The molecule has 0 unspecified atom stereocenters. The molecule has 0 aliphatic carbocycles. The second-order valence-corrected chi connectivity index (χ2v) is 14.7. The van der Waals surface area contributed by atoms with Crippen molar-refractivity contribution in [1.82, 2.24) is 19.5 Å². The molecule has 3 aromatic heterocycles. The fourth-order valence-corrected chi connectivity index (χ4v) is 8.31. The molecule has 0 N–H and O–H groups in total. The molecule has 0 amide bonds. The first-order valence-corrected chi connectivity index (χ1v) is 19.5. The van der Waals surface area contributed by atoms with Crippen molar-refractivity contribution in [3.05, 3.63) is 193 Å². The highest BCUT2D eigenvalue weighted by atomic mass is 16.3. The van der Waals surface area contributed by atoms with Gasteiger partial charge in [0.2, 0.25) is 0 Å². The summed E-state index contributed by atoms with van der Waals surface area (Å²) in [7, 11) is 0. The van der Waals surface area contributed by atoms with Crippen molar-refractivity contribution < 1.29 is 4.42 Å². The zero-order valence-corrected chi connectivity index (χ0v) is 31.9. The lowest BCUT2D eigenvalue weighted by atomic mass is 9.98. The summed E-state index contributed by atoms with van der Waals surface area (Å²) < 4.78 is 8.82. The van der Waals surface area contributed by atoms with Crippen LogP contribution in [0, 0.1) is 22.7 Å². The van der Waals surface area contributed by atoms with Gasteiger partial charge in [0.1, 0.15) is 11.2 Å². The number of hydrogen-bond acceptors (Lipinski definition) is 6. The average Bonchev–Trinajstić information content (AvgIpc) is 3.87. The van der Waals surface area contributed by atoms with E-state index in [4.69, 9.17) is 19.4 Å². The van der Waals surface area contributed by atoms with Gasteiger partial charge in [0, 0.05) is 43.8 Å². The van der Waals surface area contributed by atoms with Crippen molar-refractivity contribution in [2.45, 2.75) is 0 Å². The summed E-state index contributed by atoms with van der Waals surface area (Å²) in [5.74, 6) is 1.63. The first kappa shape index (κ1) is 34.6. The Morgan fingerprint density at radius 2 is 1.00 bits per heavy atom. The van der Waals surface area contributed by atoms with Gasteiger partial charge in [-0.1, -0.05) is 133 Å². The average molecular weight is 767 g/mol. The lowest BCUT2D eigenvalue weighted by Gasteiger charge is -2.17. The molecule has 0 aliphatic rings. The molecule has 0 saturated carbocycles. The number of nitrogens with zero attached hydrogens (tertiary/aromatic N) is 6. The van der Waals surface area contributed by atoms with E-state index in [0.717, 1.165) is 88.4 Å². The van der Waals surface area contributed by atoms with E-state index in [2.05, 4.69) is 102 Å². The van der Waals surface area contributed by atoms with Gasteiger partial charge in [0.25, 0.3) is 0 Å². The van der Waals surface area contributed by atoms with E-state index in [1.54, 1.807) is 6.07 Å². The smallest absolute Gasteiger partial charge is 0.166 e. The Hall–Kier alpha value is -8.65. The number of fused-ring (bicyclic) bond motifs is 6. The summed E-state index contributed by atoms with van der Waals surface area (Å²) in [6, 6.07) is 65.2. The summed E-state index contributed by atoms with van der Waals surface area (Å²) in [5.41, 5.74) is 11.4. The van der Waals surface area contributed by atoms with E-state index in [0.29, 0.717) is 28.6 Å². The van der Waals surface area contributed by atoms with Crippen LogP contribution < -0.4 is 0 Å². The van der Waals surface area contributed by atoms with Crippen LogP contribution in [0.3, 0.4) is 0 Å². The molecule has 7 heteroatoms. The summed E-state index contributed by atoms with van der Waals surface area (Å²) >= 11 is 0. The maximum absolute atomic E-state index is 9.83. The van der Waals surface area contributed by atoms with Gasteiger partial charge in [0.15, 0.2) is 17.5 Å². The van der Waals surface area contributed by atoms with Crippen LogP contribution in [0.2, 0.25) is 0 Å². The normalized spacial score (nSPS) is 11.3. The van der Waals surface area contributed by atoms with Crippen molar-refractivity contribution in [3.63, 3.8) is 0 Å². The SMILES string of the molecule is N#Cc1cc(C#N)cc(-c2ccc3c4ccccc4n(-c4ccc(-c5cccc6c5oc5ccccc56)cc4-c4nc(-c5ccccc5)nc(-c5ccccc5)n4)c3c2)c1. The highest BCUT2D eigenvalue weighted by molar-refractivity contribution is 6.12. The molecule has 11 aromatic rings.